The number of allylic oxidation sites excluding steroid dienone is 1. The van der Waals surface area contributed by atoms with Gasteiger partial charge in [-0.05, 0) is 61.4 Å². The number of carbonyl (C=O) groups excluding carboxylic acids is 1. The fraction of sp³-hybridized carbons (Fsp3) is 0.219. The number of nitrogens with zero attached hydrogens (tertiary/aromatic N) is 3. The van der Waals surface area contributed by atoms with E-state index >= 15 is 0 Å². The van der Waals surface area contributed by atoms with Crippen molar-refractivity contribution < 1.29 is 28.7 Å². The zero-order valence-electron chi connectivity index (χ0n) is 24.4. The van der Waals surface area contributed by atoms with Gasteiger partial charge in [-0.2, -0.15) is 0 Å². The molecule has 11 nitrogen and oxygen atoms in total. The van der Waals surface area contributed by atoms with Crippen molar-refractivity contribution >= 4 is 29.1 Å². The Morgan fingerprint density at radius 3 is 2.45 bits per heavy atom. The SMILES string of the molecule is CCOC(=O)C1=C(C)N=c2s/c(=C\c3ccccc3OCc3ccc([N+](=O)[O-])cc3)c(=O)n2[C@H]1c1ccc(OC)c(OC)c1. The van der Waals surface area contributed by atoms with Gasteiger partial charge in [0.1, 0.15) is 12.4 Å². The van der Waals surface area contributed by atoms with Gasteiger partial charge in [0.15, 0.2) is 16.3 Å². The molecule has 0 spiro atoms. The van der Waals surface area contributed by atoms with Gasteiger partial charge in [-0.1, -0.05) is 35.6 Å². The molecule has 0 N–H and O–H groups in total. The van der Waals surface area contributed by atoms with Crippen LogP contribution in [-0.2, 0) is 16.1 Å². The summed E-state index contributed by atoms with van der Waals surface area (Å²) in [4.78, 5) is 42.8. The number of hydrogen-bond acceptors (Lipinski definition) is 10. The summed E-state index contributed by atoms with van der Waals surface area (Å²) in [6.07, 6.45) is 1.73. The van der Waals surface area contributed by atoms with Crippen molar-refractivity contribution in [1.82, 2.24) is 4.57 Å². The van der Waals surface area contributed by atoms with E-state index in [9.17, 15) is 19.7 Å². The second-order valence-electron chi connectivity index (χ2n) is 9.67. The van der Waals surface area contributed by atoms with E-state index in [0.717, 1.165) is 5.56 Å². The first-order chi connectivity index (χ1) is 21.2. The van der Waals surface area contributed by atoms with Gasteiger partial charge in [0.25, 0.3) is 11.2 Å². The van der Waals surface area contributed by atoms with Crippen LogP contribution in [0.3, 0.4) is 0 Å². The van der Waals surface area contributed by atoms with Crippen molar-refractivity contribution in [1.29, 1.82) is 0 Å². The van der Waals surface area contributed by atoms with Crippen LogP contribution in [0.1, 0.15) is 36.6 Å². The predicted molar refractivity (Wildman–Crippen MR) is 164 cm³/mol. The van der Waals surface area contributed by atoms with Crippen LogP contribution in [0.5, 0.6) is 17.2 Å². The summed E-state index contributed by atoms with van der Waals surface area (Å²) in [6.45, 7) is 3.77. The van der Waals surface area contributed by atoms with Crippen LogP contribution >= 0.6 is 11.3 Å². The molecule has 12 heteroatoms. The summed E-state index contributed by atoms with van der Waals surface area (Å²) < 4.78 is 24.2. The van der Waals surface area contributed by atoms with Crippen molar-refractivity contribution in [2.24, 2.45) is 4.99 Å². The predicted octanol–water partition coefficient (Wildman–Crippen LogP) is 4.30. The lowest BCUT2D eigenvalue weighted by molar-refractivity contribution is -0.384. The minimum atomic E-state index is -0.819. The minimum Gasteiger partial charge on any atom is -0.493 e. The summed E-state index contributed by atoms with van der Waals surface area (Å²) in [5.74, 6) is 0.917. The maximum absolute atomic E-state index is 14.0. The number of nitro benzene ring substituents is 1. The number of para-hydroxylation sites is 1. The zero-order valence-corrected chi connectivity index (χ0v) is 25.3. The Labute approximate surface area is 256 Å². The highest BCUT2D eigenvalue weighted by molar-refractivity contribution is 7.07. The topological polar surface area (TPSA) is 131 Å². The second kappa shape index (κ2) is 13.0. The molecule has 226 valence electrons. The maximum atomic E-state index is 14.0. The highest BCUT2D eigenvalue weighted by Gasteiger charge is 2.34. The molecule has 1 aliphatic heterocycles. The highest BCUT2D eigenvalue weighted by Crippen LogP contribution is 2.36. The Balaban J connectivity index is 1.58. The summed E-state index contributed by atoms with van der Waals surface area (Å²) in [7, 11) is 3.05. The summed E-state index contributed by atoms with van der Waals surface area (Å²) in [6, 6.07) is 17.8. The standard InChI is InChI=1S/C32H29N3O8S/c1-5-42-31(37)28-19(2)33-32-34(29(28)22-12-15-25(40-3)26(16-22)41-4)30(36)27(44-32)17-21-8-6-7-9-24(21)43-18-20-10-13-23(14-11-20)35(38)39/h6-17,29H,5,18H2,1-4H3/b27-17-/t29-/m0/s1. The van der Waals surface area contributed by atoms with Crippen LogP contribution in [-0.4, -0.2) is 36.3 Å². The third-order valence-corrected chi connectivity index (χ3v) is 7.97. The molecule has 0 fully saturated rings. The first-order valence-corrected chi connectivity index (χ1v) is 14.4. The van der Waals surface area contributed by atoms with Crippen LogP contribution in [0, 0.1) is 10.1 Å². The Morgan fingerprint density at radius 2 is 1.77 bits per heavy atom. The lowest BCUT2D eigenvalue weighted by Gasteiger charge is -2.25. The number of methoxy groups -OCH3 is 2. The molecule has 1 aliphatic rings. The minimum absolute atomic E-state index is 0.00253. The third-order valence-electron chi connectivity index (χ3n) is 6.99. The number of fused-ring (bicyclic) bond motifs is 1. The van der Waals surface area contributed by atoms with Gasteiger partial charge in [0, 0.05) is 17.7 Å². The summed E-state index contributed by atoms with van der Waals surface area (Å²) >= 11 is 1.20. The molecule has 0 amide bonds. The number of aromatic nitrogens is 1. The van der Waals surface area contributed by atoms with Gasteiger partial charge >= 0.3 is 5.97 Å². The van der Waals surface area contributed by atoms with Crippen molar-refractivity contribution in [2.45, 2.75) is 26.5 Å². The molecule has 1 aromatic heterocycles. The van der Waals surface area contributed by atoms with Crippen LogP contribution < -0.4 is 29.1 Å². The van der Waals surface area contributed by atoms with E-state index < -0.39 is 16.9 Å². The van der Waals surface area contributed by atoms with Crippen molar-refractivity contribution in [3.63, 3.8) is 0 Å². The fourth-order valence-corrected chi connectivity index (χ4v) is 5.91. The first-order valence-electron chi connectivity index (χ1n) is 13.6. The first kappa shape index (κ1) is 30.2. The number of esters is 1. The van der Waals surface area contributed by atoms with E-state index in [-0.39, 0.29) is 30.0 Å². The van der Waals surface area contributed by atoms with Crippen LogP contribution in [0.15, 0.2) is 87.8 Å². The van der Waals surface area contributed by atoms with Gasteiger partial charge in [-0.3, -0.25) is 19.5 Å². The molecule has 0 radical (unpaired) electrons. The smallest absolute Gasteiger partial charge is 0.338 e. The van der Waals surface area contributed by atoms with Crippen molar-refractivity contribution in [3.8, 4) is 17.2 Å². The second-order valence-corrected chi connectivity index (χ2v) is 10.7. The molecule has 0 aliphatic carbocycles. The summed E-state index contributed by atoms with van der Waals surface area (Å²) in [5, 5.41) is 11.0. The van der Waals surface area contributed by atoms with E-state index in [1.807, 2.05) is 18.2 Å². The van der Waals surface area contributed by atoms with Gasteiger partial charge in [0.2, 0.25) is 0 Å². The van der Waals surface area contributed by atoms with E-state index in [2.05, 4.69) is 4.99 Å². The number of carbonyl (C=O) groups is 1. The molecule has 1 atom stereocenters. The average Bonchev–Trinajstić information content (AvgIpc) is 3.33. The Morgan fingerprint density at radius 1 is 1.05 bits per heavy atom. The number of non-ortho nitro benzene ring substituents is 1. The van der Waals surface area contributed by atoms with Gasteiger partial charge in [0.05, 0.1) is 47.6 Å². The van der Waals surface area contributed by atoms with Gasteiger partial charge in [-0.15, -0.1) is 0 Å². The van der Waals surface area contributed by atoms with Crippen molar-refractivity contribution in [3.05, 3.63) is 124 Å². The van der Waals surface area contributed by atoms with Gasteiger partial charge in [-0.25, -0.2) is 9.79 Å². The lowest BCUT2D eigenvalue weighted by Crippen LogP contribution is -2.40. The Bertz CT molecular complexity index is 1940. The number of nitro groups is 1. The molecule has 3 aromatic carbocycles. The Kier molecular flexibility index (Phi) is 8.91. The van der Waals surface area contributed by atoms with E-state index in [4.69, 9.17) is 18.9 Å². The number of hydrogen-bond donors (Lipinski definition) is 0. The third kappa shape index (κ3) is 5.97. The molecule has 2 heterocycles. The summed E-state index contributed by atoms with van der Waals surface area (Å²) in [5.41, 5.74) is 2.39. The highest BCUT2D eigenvalue weighted by atomic mass is 32.1. The van der Waals surface area contributed by atoms with Crippen LogP contribution in [0.25, 0.3) is 6.08 Å². The largest absolute Gasteiger partial charge is 0.493 e. The van der Waals surface area contributed by atoms with Crippen LogP contribution in [0.2, 0.25) is 0 Å². The number of benzene rings is 3. The molecule has 0 bridgehead atoms. The van der Waals surface area contributed by atoms with Crippen molar-refractivity contribution in [2.75, 3.05) is 20.8 Å². The molecule has 0 saturated heterocycles. The molecule has 44 heavy (non-hydrogen) atoms. The number of ether oxygens (including phenoxy) is 4. The number of rotatable bonds is 10. The molecular weight excluding hydrogens is 586 g/mol. The van der Waals surface area contributed by atoms with Crippen LogP contribution in [0.4, 0.5) is 5.69 Å². The maximum Gasteiger partial charge on any atom is 0.338 e. The average molecular weight is 616 g/mol. The number of thiazole rings is 1. The molecule has 0 saturated carbocycles. The molecular formula is C32H29N3O8S. The molecule has 0 unspecified atom stereocenters. The fourth-order valence-electron chi connectivity index (χ4n) is 4.88. The zero-order chi connectivity index (χ0) is 31.4. The van der Waals surface area contributed by atoms with E-state index in [1.165, 1.54) is 42.3 Å². The molecule has 5 rings (SSSR count). The molecule has 4 aromatic rings. The quantitative estimate of drug-likeness (QED) is 0.147. The normalized spacial score (nSPS) is 14.5. The Hall–Kier alpha value is -5.23. The lowest BCUT2D eigenvalue weighted by atomic mass is 9.95. The monoisotopic (exact) mass is 615 g/mol. The van der Waals surface area contributed by atoms with E-state index in [1.54, 1.807) is 56.3 Å². The van der Waals surface area contributed by atoms with E-state index in [0.29, 0.717) is 43.4 Å². The van der Waals surface area contributed by atoms with Gasteiger partial charge < -0.3 is 18.9 Å².